The topological polar surface area (TPSA) is 105 Å². The van der Waals surface area contributed by atoms with E-state index in [2.05, 4.69) is 10.4 Å². The first-order valence-electron chi connectivity index (χ1n) is 10.4. The van der Waals surface area contributed by atoms with Gasteiger partial charge in [0.25, 0.3) is 5.91 Å². The number of anilines is 1. The smallest absolute Gasteiger partial charge is 0.346 e. The van der Waals surface area contributed by atoms with Gasteiger partial charge in [0.05, 0.1) is 23.7 Å². The zero-order valence-electron chi connectivity index (χ0n) is 19.1. The molecule has 0 fully saturated rings. The number of amides is 3. The normalized spacial score (nSPS) is 12.9. The summed E-state index contributed by atoms with van der Waals surface area (Å²) in [4.78, 5) is 36.4. The van der Waals surface area contributed by atoms with Gasteiger partial charge in [0.1, 0.15) is 18.1 Å². The number of nitrogens with zero attached hydrogens (tertiary/aromatic N) is 2. The Kier molecular flexibility index (Phi) is 8.70. The Hall–Kier alpha value is -3.65. The fourth-order valence-corrected chi connectivity index (χ4v) is 3.12. The van der Waals surface area contributed by atoms with Crippen LogP contribution in [0, 0.1) is 5.82 Å². The van der Waals surface area contributed by atoms with Gasteiger partial charge < -0.3 is 16.0 Å². The number of hydrogen-bond donors (Lipinski definition) is 3. The SMILES string of the molecule is CC(C(=O)NCC(F)(F)F)c1cc(F)c(NC(=O)CNC(=O)c2ccnn2C(C)C)cc1C(F)(F)F. The molecule has 2 aromatic rings. The molecule has 0 aliphatic rings. The van der Waals surface area contributed by atoms with Gasteiger partial charge in [-0.3, -0.25) is 19.1 Å². The van der Waals surface area contributed by atoms with E-state index in [1.807, 2.05) is 5.32 Å². The number of carbonyl (C=O) groups is 3. The Bertz CT molecular complexity index is 1130. The van der Waals surface area contributed by atoms with Gasteiger partial charge >= 0.3 is 12.4 Å². The van der Waals surface area contributed by atoms with Crippen molar-refractivity contribution in [2.45, 2.75) is 45.1 Å². The largest absolute Gasteiger partial charge is 0.416 e. The second kappa shape index (κ2) is 11.0. The van der Waals surface area contributed by atoms with Gasteiger partial charge in [-0.2, -0.15) is 31.4 Å². The number of hydrogen-bond acceptors (Lipinski definition) is 4. The first kappa shape index (κ1) is 28.6. The minimum Gasteiger partial charge on any atom is -0.346 e. The summed E-state index contributed by atoms with van der Waals surface area (Å²) in [5, 5.41) is 9.53. The number of benzene rings is 1. The van der Waals surface area contributed by atoms with E-state index in [9.17, 15) is 45.1 Å². The van der Waals surface area contributed by atoms with Crippen LogP contribution in [-0.4, -0.2) is 46.8 Å². The summed E-state index contributed by atoms with van der Waals surface area (Å²) >= 11 is 0. The van der Waals surface area contributed by atoms with E-state index in [1.165, 1.54) is 22.3 Å². The van der Waals surface area contributed by atoms with E-state index >= 15 is 0 Å². The lowest BCUT2D eigenvalue weighted by molar-refractivity contribution is -0.141. The van der Waals surface area contributed by atoms with E-state index in [0.717, 1.165) is 6.92 Å². The molecule has 0 aliphatic carbocycles. The fraction of sp³-hybridized carbons (Fsp3) is 0.429. The second-order valence-corrected chi connectivity index (χ2v) is 7.96. The van der Waals surface area contributed by atoms with Crippen LogP contribution in [-0.2, 0) is 15.8 Å². The summed E-state index contributed by atoms with van der Waals surface area (Å²) in [6.07, 6.45) is -8.58. The minimum atomic E-state index is -5.13. The van der Waals surface area contributed by atoms with Crippen molar-refractivity contribution >= 4 is 23.4 Å². The molecule has 3 amide bonds. The Balaban J connectivity index is 2.19. The Morgan fingerprint density at radius 3 is 2.22 bits per heavy atom. The summed E-state index contributed by atoms with van der Waals surface area (Å²) in [5.41, 5.74) is -3.24. The molecule has 0 radical (unpaired) electrons. The molecule has 1 heterocycles. The monoisotopic (exact) mass is 525 g/mol. The number of aromatic nitrogens is 2. The molecule has 3 N–H and O–H groups in total. The fourth-order valence-electron chi connectivity index (χ4n) is 3.12. The molecule has 8 nitrogen and oxygen atoms in total. The lowest BCUT2D eigenvalue weighted by atomic mass is 9.93. The number of carbonyl (C=O) groups excluding carboxylic acids is 3. The molecule has 0 aliphatic heterocycles. The van der Waals surface area contributed by atoms with Crippen LogP contribution in [0.4, 0.5) is 36.4 Å². The third-order valence-corrected chi connectivity index (χ3v) is 4.84. The van der Waals surface area contributed by atoms with E-state index in [-0.39, 0.29) is 17.8 Å². The van der Waals surface area contributed by atoms with Crippen molar-refractivity contribution in [3.05, 3.63) is 47.0 Å². The highest BCUT2D eigenvalue weighted by Crippen LogP contribution is 2.38. The molecule has 0 saturated heterocycles. The van der Waals surface area contributed by atoms with E-state index < -0.39 is 71.7 Å². The van der Waals surface area contributed by atoms with Crippen molar-refractivity contribution in [3.63, 3.8) is 0 Å². The quantitative estimate of drug-likeness (QED) is 0.457. The van der Waals surface area contributed by atoms with Crippen LogP contribution in [0.2, 0.25) is 0 Å². The average molecular weight is 525 g/mol. The van der Waals surface area contributed by atoms with Crippen molar-refractivity contribution in [1.29, 1.82) is 0 Å². The standard InChI is InChI=1S/C21H22F7N5O3/c1-10(2)33-16(4-5-31-33)19(36)29-8-17(34)32-15-7-13(21(26,27)28)12(6-14(15)22)11(3)18(35)30-9-20(23,24)25/h4-7,10-11H,8-9H2,1-3H3,(H,29,36)(H,30,35)(H,32,34). The summed E-state index contributed by atoms with van der Waals surface area (Å²) in [6, 6.07) is 1.75. The van der Waals surface area contributed by atoms with Crippen LogP contribution in [0.1, 0.15) is 54.3 Å². The number of alkyl halides is 6. The Morgan fingerprint density at radius 2 is 1.67 bits per heavy atom. The number of rotatable bonds is 8. The molecule has 1 atom stereocenters. The maximum absolute atomic E-state index is 14.5. The second-order valence-electron chi connectivity index (χ2n) is 7.96. The molecular weight excluding hydrogens is 503 g/mol. The molecule has 2 rings (SSSR count). The lowest BCUT2D eigenvalue weighted by Gasteiger charge is -2.20. The number of nitrogens with one attached hydrogen (secondary N) is 3. The van der Waals surface area contributed by atoms with Crippen LogP contribution in [0.25, 0.3) is 0 Å². The van der Waals surface area contributed by atoms with Gasteiger partial charge in [-0.05, 0) is 44.5 Å². The third kappa shape index (κ3) is 7.42. The van der Waals surface area contributed by atoms with Crippen LogP contribution in [0.3, 0.4) is 0 Å². The molecule has 198 valence electrons. The summed E-state index contributed by atoms with van der Waals surface area (Å²) in [5.74, 6) is -6.34. The highest BCUT2D eigenvalue weighted by molar-refractivity contribution is 5.98. The van der Waals surface area contributed by atoms with Gasteiger partial charge in [-0.15, -0.1) is 0 Å². The molecule has 1 aromatic heterocycles. The first-order chi connectivity index (χ1) is 16.5. The highest BCUT2D eigenvalue weighted by atomic mass is 19.4. The molecule has 36 heavy (non-hydrogen) atoms. The lowest BCUT2D eigenvalue weighted by Crippen LogP contribution is -2.36. The minimum absolute atomic E-state index is 0.116. The van der Waals surface area contributed by atoms with E-state index in [0.29, 0.717) is 6.07 Å². The van der Waals surface area contributed by atoms with Crippen molar-refractivity contribution in [3.8, 4) is 0 Å². The van der Waals surface area contributed by atoms with Gasteiger partial charge in [0, 0.05) is 12.2 Å². The highest BCUT2D eigenvalue weighted by Gasteiger charge is 2.38. The molecule has 1 aromatic carbocycles. The summed E-state index contributed by atoms with van der Waals surface area (Å²) in [6.45, 7) is 1.88. The van der Waals surface area contributed by atoms with Gasteiger partial charge in [-0.1, -0.05) is 0 Å². The Labute approximate surface area is 200 Å². The maximum Gasteiger partial charge on any atom is 0.416 e. The first-order valence-corrected chi connectivity index (χ1v) is 10.4. The van der Waals surface area contributed by atoms with Crippen molar-refractivity contribution < 1.29 is 45.1 Å². The van der Waals surface area contributed by atoms with Gasteiger partial charge in [0.2, 0.25) is 11.8 Å². The third-order valence-electron chi connectivity index (χ3n) is 4.84. The summed E-state index contributed by atoms with van der Waals surface area (Å²) < 4.78 is 93.6. The van der Waals surface area contributed by atoms with Crippen molar-refractivity contribution in [1.82, 2.24) is 20.4 Å². The van der Waals surface area contributed by atoms with Gasteiger partial charge in [-0.25, -0.2) is 4.39 Å². The average Bonchev–Trinajstić information content (AvgIpc) is 3.25. The molecule has 0 spiro atoms. The maximum atomic E-state index is 14.5. The molecule has 0 bridgehead atoms. The molecule has 15 heteroatoms. The van der Waals surface area contributed by atoms with Crippen molar-refractivity contribution in [2.24, 2.45) is 0 Å². The molecule has 1 unspecified atom stereocenters. The van der Waals surface area contributed by atoms with Crippen LogP contribution in [0.15, 0.2) is 24.4 Å². The molecule has 0 saturated carbocycles. The zero-order chi connectivity index (χ0) is 27.4. The number of halogens is 7. The van der Waals surface area contributed by atoms with E-state index in [1.54, 1.807) is 13.8 Å². The van der Waals surface area contributed by atoms with Crippen molar-refractivity contribution in [2.75, 3.05) is 18.4 Å². The predicted molar refractivity (Wildman–Crippen MR) is 112 cm³/mol. The van der Waals surface area contributed by atoms with Crippen LogP contribution in [0.5, 0.6) is 0 Å². The van der Waals surface area contributed by atoms with E-state index in [4.69, 9.17) is 0 Å². The van der Waals surface area contributed by atoms with Gasteiger partial charge in [0.15, 0.2) is 0 Å². The Morgan fingerprint density at radius 1 is 1.03 bits per heavy atom. The predicted octanol–water partition coefficient (Wildman–Crippen LogP) is 3.77. The van der Waals surface area contributed by atoms with Crippen LogP contribution < -0.4 is 16.0 Å². The zero-order valence-corrected chi connectivity index (χ0v) is 19.1. The molecular formula is C21H22F7N5O3. The van der Waals surface area contributed by atoms with Crippen LogP contribution >= 0.6 is 0 Å². The summed E-state index contributed by atoms with van der Waals surface area (Å²) in [7, 11) is 0.